The molecule has 4 fully saturated rings. The lowest BCUT2D eigenvalue weighted by atomic mass is 9.34. The maximum atomic E-state index is 13.4. The van der Waals surface area contributed by atoms with Gasteiger partial charge in [-0.05, 0) is 91.3 Å². The molecule has 2 heterocycles. The monoisotopic (exact) mass is 663 g/mol. The van der Waals surface area contributed by atoms with Gasteiger partial charge in [-0.1, -0.05) is 79.1 Å². The highest BCUT2D eigenvalue weighted by Gasteiger charge is 2.72. The zero-order chi connectivity index (χ0) is 35.2. The first-order valence-electron chi connectivity index (χ1n) is 18.5. The number of aliphatic carboxylic acids is 1. The van der Waals surface area contributed by atoms with E-state index in [0.717, 1.165) is 38.5 Å². The van der Waals surface area contributed by atoms with Gasteiger partial charge >= 0.3 is 11.9 Å². The van der Waals surface area contributed by atoms with Crippen molar-refractivity contribution < 1.29 is 19.4 Å². The summed E-state index contributed by atoms with van der Waals surface area (Å²) in [6.45, 7) is 31.7. The molecule has 3 saturated carbocycles. The number of rotatable bonds is 8. The van der Waals surface area contributed by atoms with Crippen LogP contribution < -0.4 is 5.73 Å². The van der Waals surface area contributed by atoms with Crippen LogP contribution in [0.5, 0.6) is 0 Å². The number of allylic oxidation sites excluding steroid dienone is 1. The lowest BCUT2D eigenvalue weighted by molar-refractivity contribution is -0.252. The highest BCUT2D eigenvalue weighted by Crippen LogP contribution is 2.75. The second-order valence-electron chi connectivity index (χ2n) is 18.6. The van der Waals surface area contributed by atoms with Crippen LogP contribution in [0.2, 0.25) is 0 Å². The first-order valence-corrected chi connectivity index (χ1v) is 18.5. The molecule has 0 aromatic carbocycles. The molecular formula is C39H61N5O4. The molecule has 1 saturated heterocycles. The van der Waals surface area contributed by atoms with Crippen molar-refractivity contribution in [2.75, 3.05) is 19.8 Å². The van der Waals surface area contributed by atoms with Gasteiger partial charge in [0, 0.05) is 16.4 Å². The van der Waals surface area contributed by atoms with Gasteiger partial charge in [-0.25, -0.2) is 0 Å². The van der Waals surface area contributed by atoms with Gasteiger partial charge in [0.1, 0.15) is 0 Å². The number of aromatic nitrogens is 3. The van der Waals surface area contributed by atoms with Crippen LogP contribution in [-0.4, -0.2) is 57.3 Å². The number of carbonyl (C=O) groups is 1. The van der Waals surface area contributed by atoms with E-state index in [1.165, 1.54) is 5.57 Å². The van der Waals surface area contributed by atoms with Crippen molar-refractivity contribution >= 4 is 11.9 Å². The predicted octanol–water partition coefficient (Wildman–Crippen LogP) is 7.72. The lowest BCUT2D eigenvalue weighted by Gasteiger charge is -2.71. The topological polar surface area (TPSA) is 117 Å². The largest absolute Gasteiger partial charge is 0.481 e. The summed E-state index contributed by atoms with van der Waals surface area (Å²) in [6, 6.07) is -0.143. The van der Waals surface area contributed by atoms with E-state index in [-0.39, 0.29) is 57.0 Å². The van der Waals surface area contributed by atoms with Crippen molar-refractivity contribution in [2.45, 2.75) is 125 Å². The maximum absolute atomic E-state index is 13.4. The molecule has 4 aliphatic carbocycles. The van der Waals surface area contributed by atoms with Crippen molar-refractivity contribution in [2.24, 2.45) is 68.3 Å². The van der Waals surface area contributed by atoms with E-state index in [1.807, 2.05) is 4.68 Å². The van der Waals surface area contributed by atoms with Crippen LogP contribution in [0.15, 0.2) is 18.0 Å². The average molecular weight is 664 g/mol. The second kappa shape index (κ2) is 11.6. The smallest absolute Gasteiger partial charge is 0.393 e. The average Bonchev–Trinajstić information content (AvgIpc) is 3.49. The first-order chi connectivity index (χ1) is 22.3. The summed E-state index contributed by atoms with van der Waals surface area (Å²) in [7, 11) is 0. The van der Waals surface area contributed by atoms with Gasteiger partial charge in [0.15, 0.2) is 6.33 Å². The summed E-state index contributed by atoms with van der Waals surface area (Å²) < 4.78 is 15.5. The molecule has 1 aromatic rings. The Labute approximate surface area is 288 Å². The maximum Gasteiger partial charge on any atom is 0.393 e. The number of carboxylic acid groups (broad SMARTS) is 1. The summed E-state index contributed by atoms with van der Waals surface area (Å²) in [5.41, 5.74) is 6.40. The minimum absolute atomic E-state index is 0.143. The Bertz CT molecular complexity index is 1490. The van der Waals surface area contributed by atoms with Crippen molar-refractivity contribution in [3.8, 4) is 0 Å². The Kier molecular flexibility index (Phi) is 8.61. The van der Waals surface area contributed by atoms with Gasteiger partial charge in [0.2, 0.25) is 0 Å². The minimum Gasteiger partial charge on any atom is -0.481 e. The molecule has 12 atom stereocenters. The van der Waals surface area contributed by atoms with Crippen molar-refractivity contribution in [3.05, 3.63) is 29.4 Å². The van der Waals surface area contributed by atoms with E-state index in [2.05, 4.69) is 90.2 Å². The van der Waals surface area contributed by atoms with Crippen LogP contribution in [-0.2, 0) is 14.3 Å². The number of nitrogens with zero attached hydrogens (tertiary/aromatic N) is 4. The fourth-order valence-corrected chi connectivity index (χ4v) is 12.1. The molecule has 0 amide bonds. The number of hydrogen-bond donors (Lipinski definition) is 2. The Hall–Kier alpha value is -2.28. The first kappa shape index (κ1) is 35.5. The molecule has 1 aromatic heterocycles. The van der Waals surface area contributed by atoms with Gasteiger partial charge in [-0.3, -0.25) is 4.79 Å². The third-order valence-corrected chi connectivity index (χ3v) is 15.9. The van der Waals surface area contributed by atoms with Crippen molar-refractivity contribution in [1.82, 2.24) is 14.8 Å². The van der Waals surface area contributed by atoms with Crippen LogP contribution in [0.3, 0.4) is 0 Å². The summed E-state index contributed by atoms with van der Waals surface area (Å²) in [5.74, 6) is 0.662. The fourth-order valence-electron chi connectivity index (χ4n) is 12.1. The molecular weight excluding hydrogens is 602 g/mol. The van der Waals surface area contributed by atoms with Gasteiger partial charge in [-0.2, -0.15) is 4.68 Å². The van der Waals surface area contributed by atoms with E-state index in [9.17, 15) is 9.90 Å². The molecule has 0 radical (unpaired) electrons. The molecule has 5 aliphatic rings. The van der Waals surface area contributed by atoms with E-state index in [1.54, 1.807) is 6.33 Å². The number of hydrogen-bond acceptors (Lipinski definition) is 6. The zero-order valence-electron chi connectivity index (χ0n) is 31.2. The number of fused-ring (bicyclic) bond motifs is 3. The number of nitrogens with two attached hydrogens (primary N) is 1. The van der Waals surface area contributed by atoms with E-state index in [4.69, 9.17) is 21.8 Å². The van der Waals surface area contributed by atoms with E-state index in [0.29, 0.717) is 37.6 Å². The summed E-state index contributed by atoms with van der Waals surface area (Å²) >= 11 is 0. The highest BCUT2D eigenvalue weighted by atomic mass is 16.5. The Balaban J connectivity index is 1.45. The van der Waals surface area contributed by atoms with E-state index < -0.39 is 17.4 Å². The predicted molar refractivity (Wildman–Crippen MR) is 186 cm³/mol. The highest BCUT2D eigenvalue weighted by molar-refractivity contribution is 5.73. The molecule has 3 N–H and O–H groups in total. The van der Waals surface area contributed by atoms with Gasteiger partial charge < -0.3 is 25.2 Å². The molecule has 1 aliphatic heterocycles. The lowest BCUT2D eigenvalue weighted by Crippen LogP contribution is -2.69. The molecule has 6 rings (SSSR count). The number of ether oxygens (including phenoxy) is 2. The normalized spacial score (nSPS) is 44.1. The zero-order valence-corrected chi connectivity index (χ0v) is 31.2. The molecule has 0 unspecified atom stereocenters. The second-order valence-corrected chi connectivity index (χ2v) is 18.6. The molecule has 0 spiro atoms. The summed E-state index contributed by atoms with van der Waals surface area (Å²) in [5, 5.41) is 15.7. The van der Waals surface area contributed by atoms with Crippen LogP contribution >= 0.6 is 0 Å². The van der Waals surface area contributed by atoms with Gasteiger partial charge in [0.05, 0.1) is 37.9 Å². The van der Waals surface area contributed by atoms with Crippen molar-refractivity contribution in [1.29, 1.82) is 0 Å². The molecule has 2 bridgehead atoms. The van der Waals surface area contributed by atoms with Gasteiger partial charge in [0.25, 0.3) is 0 Å². The van der Waals surface area contributed by atoms with Crippen LogP contribution in [0.25, 0.3) is 4.85 Å². The third-order valence-electron chi connectivity index (χ3n) is 15.9. The van der Waals surface area contributed by atoms with Crippen LogP contribution in [0.4, 0.5) is 5.95 Å². The number of carboxylic acids is 1. The molecule has 9 nitrogen and oxygen atoms in total. The van der Waals surface area contributed by atoms with Crippen LogP contribution in [0, 0.1) is 69.2 Å². The SMILES string of the molecule is [C-]#[N+]c1ncn([C@@H]2C[C@@]34COC[C@@](C)([C@@H]3CC[C@H]3C4=CC[C@@]4(C)[C@H](C(=O)O)[C@@](C)([C@H](C)C(C)C)CC[C@]34C)[C@H]2OC[C@](C)(N)C(C)C)n1. The minimum atomic E-state index is -0.636. The summed E-state index contributed by atoms with van der Waals surface area (Å²) in [6.07, 6.45) is 9.55. The van der Waals surface area contributed by atoms with Gasteiger partial charge in [-0.15, -0.1) is 11.6 Å². The Morgan fingerprint density at radius 3 is 2.48 bits per heavy atom. The fraction of sp³-hybridized carbons (Fsp3) is 0.846. The quantitative estimate of drug-likeness (QED) is 0.216. The molecule has 266 valence electrons. The molecule has 9 heteroatoms. The Morgan fingerprint density at radius 1 is 1.17 bits per heavy atom. The van der Waals surface area contributed by atoms with Crippen LogP contribution in [0.1, 0.15) is 114 Å². The molecule has 48 heavy (non-hydrogen) atoms. The summed E-state index contributed by atoms with van der Waals surface area (Å²) in [4.78, 5) is 21.3. The standard InChI is InChI=1S/C39H61N5O4/c1-23(2)25(5)34(6)16-17-36(8)26-12-13-29-35(7)19-47-21-39(29,27(26)14-15-37(36,9)30(34)32(45)46)18-28(44-22-42-33(41-11)43-44)31(35)48-20-38(10,40)24(3)4/h14,22-26,28-31H,12-13,15-21,40H2,1-10H3,(H,45,46)/t25-,26+,28-,29+,30-,31+,34-,35+,36-,37+,38+,39+/m1/s1. The van der Waals surface area contributed by atoms with E-state index >= 15 is 0 Å². The Morgan fingerprint density at radius 2 is 1.88 bits per heavy atom. The third kappa shape index (κ3) is 4.82. The van der Waals surface area contributed by atoms with Crippen molar-refractivity contribution in [3.63, 3.8) is 0 Å².